The number of benzene rings is 1. The lowest BCUT2D eigenvalue weighted by atomic mass is 10.0. The van der Waals surface area contributed by atoms with E-state index in [9.17, 15) is 8.42 Å². The van der Waals surface area contributed by atoms with Gasteiger partial charge in [-0.2, -0.15) is 0 Å². The Labute approximate surface area is 120 Å². The highest BCUT2D eigenvalue weighted by atomic mass is 32.2. The van der Waals surface area contributed by atoms with Crippen molar-refractivity contribution < 1.29 is 13.2 Å². The smallest absolute Gasteiger partial charge is 0.240 e. The molecule has 0 bridgehead atoms. The van der Waals surface area contributed by atoms with Crippen molar-refractivity contribution in [2.75, 3.05) is 18.5 Å². The molecule has 1 saturated heterocycles. The summed E-state index contributed by atoms with van der Waals surface area (Å²) < 4.78 is 32.0. The molecule has 5 nitrogen and oxygen atoms in total. The van der Waals surface area contributed by atoms with Crippen LogP contribution in [0.5, 0.6) is 0 Å². The highest BCUT2D eigenvalue weighted by Gasteiger charge is 2.29. The minimum Gasteiger partial charge on any atom is -0.379 e. The van der Waals surface area contributed by atoms with Crippen molar-refractivity contribution in [3.63, 3.8) is 0 Å². The minimum atomic E-state index is -3.42. The summed E-state index contributed by atoms with van der Waals surface area (Å²) in [7, 11) is -3.42. The van der Waals surface area contributed by atoms with E-state index in [2.05, 4.69) is 17.0 Å². The van der Waals surface area contributed by atoms with Gasteiger partial charge in [0, 0.05) is 18.3 Å². The molecular weight excluding hydrogens is 276 g/mol. The van der Waals surface area contributed by atoms with Crippen molar-refractivity contribution in [3.05, 3.63) is 24.3 Å². The first-order chi connectivity index (χ1) is 9.31. The Bertz CT molecular complexity index is 546. The van der Waals surface area contributed by atoms with E-state index in [4.69, 9.17) is 4.74 Å². The zero-order valence-corrected chi connectivity index (χ0v) is 13.0. The summed E-state index contributed by atoms with van der Waals surface area (Å²) >= 11 is 0. The fourth-order valence-corrected chi connectivity index (χ4v) is 3.46. The van der Waals surface area contributed by atoms with E-state index < -0.39 is 10.0 Å². The largest absolute Gasteiger partial charge is 0.379 e. The zero-order valence-electron chi connectivity index (χ0n) is 12.1. The van der Waals surface area contributed by atoms with Gasteiger partial charge in [-0.25, -0.2) is 13.1 Å². The number of hydrogen-bond donors (Lipinski definition) is 2. The first-order valence-corrected chi connectivity index (χ1v) is 8.27. The number of nitrogens with one attached hydrogen (secondary N) is 2. The van der Waals surface area contributed by atoms with Gasteiger partial charge in [-0.15, -0.1) is 0 Å². The van der Waals surface area contributed by atoms with Gasteiger partial charge >= 0.3 is 0 Å². The van der Waals surface area contributed by atoms with Crippen LogP contribution in [-0.4, -0.2) is 33.2 Å². The van der Waals surface area contributed by atoms with Crippen LogP contribution in [0.1, 0.15) is 27.2 Å². The molecule has 112 valence electrons. The van der Waals surface area contributed by atoms with E-state index in [0.717, 1.165) is 18.7 Å². The summed E-state index contributed by atoms with van der Waals surface area (Å²) in [5.74, 6) is 0. The van der Waals surface area contributed by atoms with Crippen LogP contribution in [0.25, 0.3) is 0 Å². The van der Waals surface area contributed by atoms with Gasteiger partial charge in [-0.05, 0) is 51.5 Å². The Morgan fingerprint density at radius 2 is 1.90 bits per heavy atom. The van der Waals surface area contributed by atoms with Gasteiger partial charge in [0.1, 0.15) is 0 Å². The number of anilines is 1. The van der Waals surface area contributed by atoms with E-state index in [-0.39, 0.29) is 16.5 Å². The molecule has 6 heteroatoms. The van der Waals surface area contributed by atoms with Crippen molar-refractivity contribution in [3.8, 4) is 0 Å². The van der Waals surface area contributed by atoms with E-state index in [1.807, 2.05) is 0 Å². The molecule has 20 heavy (non-hydrogen) atoms. The molecule has 1 unspecified atom stereocenters. The lowest BCUT2D eigenvalue weighted by Gasteiger charge is -2.25. The van der Waals surface area contributed by atoms with Gasteiger partial charge in [0.25, 0.3) is 0 Å². The standard InChI is InChI=1S/C14H22N2O3S/c1-11(2)16-20(17,18)13-6-4-12(5-7-13)15-14(3)8-9-19-10-14/h4-7,11,15-16H,8-10H2,1-3H3. The number of rotatable bonds is 5. The number of hydrogen-bond acceptors (Lipinski definition) is 4. The molecule has 1 fully saturated rings. The summed E-state index contributed by atoms with van der Waals surface area (Å²) in [6, 6.07) is 6.70. The molecule has 1 aliphatic rings. The molecule has 1 heterocycles. The van der Waals surface area contributed by atoms with E-state index in [0.29, 0.717) is 6.61 Å². The van der Waals surface area contributed by atoms with Gasteiger partial charge < -0.3 is 10.1 Å². The summed E-state index contributed by atoms with van der Waals surface area (Å²) in [5.41, 5.74) is 0.831. The second kappa shape index (κ2) is 5.71. The molecule has 0 radical (unpaired) electrons. The lowest BCUT2D eigenvalue weighted by molar-refractivity contribution is 0.185. The second-order valence-electron chi connectivity index (χ2n) is 5.79. The van der Waals surface area contributed by atoms with Crippen LogP contribution in [-0.2, 0) is 14.8 Å². The number of ether oxygens (including phenoxy) is 1. The Hall–Kier alpha value is -1.11. The summed E-state index contributed by atoms with van der Waals surface area (Å²) in [5, 5.41) is 3.40. The molecule has 1 atom stereocenters. The highest BCUT2D eigenvalue weighted by molar-refractivity contribution is 7.89. The second-order valence-corrected chi connectivity index (χ2v) is 7.50. The normalized spacial score (nSPS) is 23.2. The molecule has 0 aromatic heterocycles. The average Bonchev–Trinajstić information content (AvgIpc) is 2.75. The first kappa shape index (κ1) is 15.3. The third kappa shape index (κ3) is 3.71. The molecule has 0 amide bonds. The zero-order chi connectivity index (χ0) is 14.8. The Balaban J connectivity index is 2.10. The quantitative estimate of drug-likeness (QED) is 0.872. The molecule has 0 spiro atoms. The van der Waals surface area contributed by atoms with E-state index in [1.54, 1.807) is 38.1 Å². The van der Waals surface area contributed by atoms with E-state index >= 15 is 0 Å². The maximum Gasteiger partial charge on any atom is 0.240 e. The summed E-state index contributed by atoms with van der Waals surface area (Å²) in [6.45, 7) is 7.13. The van der Waals surface area contributed by atoms with Crippen LogP contribution in [0.3, 0.4) is 0 Å². The fraction of sp³-hybridized carbons (Fsp3) is 0.571. The van der Waals surface area contributed by atoms with Crippen molar-refractivity contribution in [1.29, 1.82) is 0 Å². The van der Waals surface area contributed by atoms with Gasteiger partial charge in [0.05, 0.1) is 17.0 Å². The summed E-state index contributed by atoms with van der Waals surface area (Å²) in [6.07, 6.45) is 0.946. The molecule has 1 aliphatic heterocycles. The van der Waals surface area contributed by atoms with Crippen LogP contribution in [0.4, 0.5) is 5.69 Å². The Morgan fingerprint density at radius 3 is 2.40 bits per heavy atom. The maximum absolute atomic E-state index is 12.0. The SMILES string of the molecule is CC(C)NS(=O)(=O)c1ccc(NC2(C)CCOC2)cc1. The van der Waals surface area contributed by atoms with Gasteiger partial charge in [0.2, 0.25) is 10.0 Å². The topological polar surface area (TPSA) is 67.4 Å². The van der Waals surface area contributed by atoms with Crippen LogP contribution in [0.15, 0.2) is 29.2 Å². The van der Waals surface area contributed by atoms with Crippen molar-refractivity contribution >= 4 is 15.7 Å². The average molecular weight is 298 g/mol. The number of sulfonamides is 1. The molecule has 1 aromatic rings. The third-order valence-electron chi connectivity index (χ3n) is 3.22. The van der Waals surface area contributed by atoms with Crippen LogP contribution >= 0.6 is 0 Å². The molecule has 1 aromatic carbocycles. The van der Waals surface area contributed by atoms with Crippen LogP contribution in [0, 0.1) is 0 Å². The van der Waals surface area contributed by atoms with Crippen molar-refractivity contribution in [2.45, 2.75) is 43.7 Å². The Kier molecular flexibility index (Phi) is 4.36. The van der Waals surface area contributed by atoms with Gasteiger partial charge in [-0.3, -0.25) is 0 Å². The van der Waals surface area contributed by atoms with E-state index in [1.165, 1.54) is 0 Å². The molecule has 2 N–H and O–H groups in total. The van der Waals surface area contributed by atoms with Crippen molar-refractivity contribution in [2.24, 2.45) is 0 Å². The molecule has 0 aliphatic carbocycles. The van der Waals surface area contributed by atoms with Crippen molar-refractivity contribution in [1.82, 2.24) is 4.72 Å². The monoisotopic (exact) mass is 298 g/mol. The van der Waals surface area contributed by atoms with Gasteiger partial charge in [0.15, 0.2) is 0 Å². The molecular formula is C14H22N2O3S. The Morgan fingerprint density at radius 1 is 1.25 bits per heavy atom. The van der Waals surface area contributed by atoms with Crippen LogP contribution < -0.4 is 10.0 Å². The maximum atomic E-state index is 12.0. The molecule has 2 rings (SSSR count). The first-order valence-electron chi connectivity index (χ1n) is 6.79. The molecule has 0 saturated carbocycles. The summed E-state index contributed by atoms with van der Waals surface area (Å²) in [4.78, 5) is 0.282. The van der Waals surface area contributed by atoms with Gasteiger partial charge in [-0.1, -0.05) is 0 Å². The predicted molar refractivity (Wildman–Crippen MR) is 79.4 cm³/mol. The minimum absolute atomic E-state index is 0.0728. The highest BCUT2D eigenvalue weighted by Crippen LogP contribution is 2.24. The predicted octanol–water partition coefficient (Wildman–Crippen LogP) is 1.96. The van der Waals surface area contributed by atoms with Crippen LogP contribution in [0.2, 0.25) is 0 Å². The fourth-order valence-electron chi connectivity index (χ4n) is 2.21. The lowest BCUT2D eigenvalue weighted by Crippen LogP contribution is -2.35. The third-order valence-corrected chi connectivity index (χ3v) is 4.89.